The van der Waals surface area contributed by atoms with Crippen LogP contribution in [0.3, 0.4) is 0 Å². The smallest absolute Gasteiger partial charge is 0.229 e. The number of hydrogen-bond acceptors (Lipinski definition) is 12. The summed E-state index contributed by atoms with van der Waals surface area (Å²) in [5, 5.41) is 7.09. The van der Waals surface area contributed by atoms with Crippen LogP contribution in [-0.2, 0) is 0 Å². The van der Waals surface area contributed by atoms with Crippen molar-refractivity contribution in [1.29, 1.82) is 0 Å². The Hall–Kier alpha value is -3.18. The van der Waals surface area contributed by atoms with E-state index in [0.29, 0.717) is 30.3 Å². The Morgan fingerprint density at radius 2 is 1.00 bits per heavy atom. The SMILES string of the molecule is Nc1nc(N)nc(NCC(Nc2nc(N)nc(N)n2)(C2CCCCC2)C2CCCCC2)n1. The van der Waals surface area contributed by atoms with Crippen LogP contribution in [0.2, 0.25) is 0 Å². The highest BCUT2D eigenvalue weighted by molar-refractivity contribution is 5.43. The molecule has 12 heteroatoms. The monoisotopic (exact) mass is 442 g/mol. The third-order valence-corrected chi connectivity index (χ3v) is 6.89. The van der Waals surface area contributed by atoms with Gasteiger partial charge in [0.1, 0.15) is 0 Å². The molecule has 0 aliphatic heterocycles. The normalized spacial score (nSPS) is 18.4. The predicted octanol–water partition coefficient (Wildman–Crippen LogP) is 1.81. The molecule has 2 aromatic heterocycles. The lowest BCUT2D eigenvalue weighted by atomic mass is 9.64. The topological polar surface area (TPSA) is 205 Å². The second kappa shape index (κ2) is 9.53. The highest BCUT2D eigenvalue weighted by Crippen LogP contribution is 2.44. The molecule has 10 N–H and O–H groups in total. The fourth-order valence-electron chi connectivity index (χ4n) is 5.49. The van der Waals surface area contributed by atoms with E-state index in [9.17, 15) is 0 Å². The average Bonchev–Trinajstić information content (AvgIpc) is 2.76. The first-order valence-corrected chi connectivity index (χ1v) is 11.5. The van der Waals surface area contributed by atoms with E-state index in [0.717, 1.165) is 25.7 Å². The molecule has 0 aromatic carbocycles. The van der Waals surface area contributed by atoms with Crippen molar-refractivity contribution in [1.82, 2.24) is 29.9 Å². The van der Waals surface area contributed by atoms with Crippen LogP contribution in [0.15, 0.2) is 0 Å². The van der Waals surface area contributed by atoms with Crippen molar-refractivity contribution in [3.8, 4) is 0 Å². The van der Waals surface area contributed by atoms with Gasteiger partial charge in [-0.3, -0.25) is 0 Å². The number of aromatic nitrogens is 6. The zero-order valence-corrected chi connectivity index (χ0v) is 18.4. The molecule has 32 heavy (non-hydrogen) atoms. The third kappa shape index (κ3) is 5.00. The molecule has 2 aliphatic carbocycles. The van der Waals surface area contributed by atoms with Gasteiger partial charge in [-0.15, -0.1) is 0 Å². The number of hydrogen-bond donors (Lipinski definition) is 6. The molecule has 0 bridgehead atoms. The van der Waals surface area contributed by atoms with E-state index < -0.39 is 0 Å². The molecule has 0 spiro atoms. The summed E-state index contributed by atoms with van der Waals surface area (Å²) in [4.78, 5) is 24.9. The number of nitrogens with one attached hydrogen (secondary N) is 2. The van der Waals surface area contributed by atoms with Gasteiger partial charge in [0.15, 0.2) is 0 Å². The van der Waals surface area contributed by atoms with Gasteiger partial charge in [-0.05, 0) is 37.5 Å². The number of nitrogens with zero attached hydrogens (tertiary/aromatic N) is 6. The second-order valence-corrected chi connectivity index (χ2v) is 8.94. The molecule has 2 fully saturated rings. The van der Waals surface area contributed by atoms with Gasteiger partial charge in [0.05, 0.1) is 5.54 Å². The van der Waals surface area contributed by atoms with E-state index in [-0.39, 0.29) is 29.3 Å². The molecule has 12 nitrogen and oxygen atoms in total. The van der Waals surface area contributed by atoms with Gasteiger partial charge in [0.2, 0.25) is 35.7 Å². The number of nitrogens with two attached hydrogens (primary N) is 4. The molecule has 2 saturated carbocycles. The Bertz CT molecular complexity index is 849. The first-order chi connectivity index (χ1) is 15.4. The lowest BCUT2D eigenvalue weighted by molar-refractivity contribution is 0.133. The van der Waals surface area contributed by atoms with Crippen molar-refractivity contribution in [2.24, 2.45) is 11.8 Å². The Morgan fingerprint density at radius 3 is 1.44 bits per heavy atom. The molecule has 0 unspecified atom stereocenters. The lowest BCUT2D eigenvalue weighted by Gasteiger charge is -2.50. The summed E-state index contributed by atoms with van der Waals surface area (Å²) in [5.74, 6) is 1.99. The molecule has 0 amide bonds. The van der Waals surface area contributed by atoms with Crippen LogP contribution in [0.1, 0.15) is 64.2 Å². The third-order valence-electron chi connectivity index (χ3n) is 6.89. The fourth-order valence-corrected chi connectivity index (χ4v) is 5.49. The van der Waals surface area contributed by atoms with E-state index in [1.54, 1.807) is 0 Å². The molecule has 0 radical (unpaired) electrons. The van der Waals surface area contributed by atoms with Crippen molar-refractivity contribution in [2.75, 3.05) is 40.1 Å². The number of nitrogen functional groups attached to an aromatic ring is 4. The standard InChI is InChI=1S/C20H34N12/c21-14-26-15(22)29-18(28-14)25-11-20(12-7-3-1-4-8-12,13-9-5-2-6-10-13)32-19-30-16(23)27-17(24)31-19/h12-13H,1-11H2,(H5,21,22,25,26,28,29)(H5,23,24,27,30,31,32). The molecule has 0 atom stereocenters. The molecule has 4 rings (SSSR count). The van der Waals surface area contributed by atoms with Gasteiger partial charge < -0.3 is 33.6 Å². The number of rotatable bonds is 7. The van der Waals surface area contributed by atoms with E-state index in [1.807, 2.05) is 0 Å². The van der Waals surface area contributed by atoms with Crippen LogP contribution in [0.25, 0.3) is 0 Å². The van der Waals surface area contributed by atoms with Gasteiger partial charge in [0.25, 0.3) is 0 Å². The fraction of sp³-hybridized carbons (Fsp3) is 0.700. The van der Waals surface area contributed by atoms with E-state index >= 15 is 0 Å². The highest BCUT2D eigenvalue weighted by Gasteiger charge is 2.46. The molecule has 174 valence electrons. The molecule has 2 aromatic rings. The maximum atomic E-state index is 5.88. The van der Waals surface area contributed by atoms with E-state index in [2.05, 4.69) is 40.5 Å². The summed E-state index contributed by atoms with van der Waals surface area (Å²) in [6.45, 7) is 0.566. The predicted molar refractivity (Wildman–Crippen MR) is 125 cm³/mol. The van der Waals surface area contributed by atoms with Gasteiger partial charge in [-0.25, -0.2) is 0 Å². The van der Waals surface area contributed by atoms with Gasteiger partial charge in [-0.2, -0.15) is 29.9 Å². The summed E-state index contributed by atoms with van der Waals surface area (Å²) < 4.78 is 0. The summed E-state index contributed by atoms with van der Waals surface area (Å²) in [5.41, 5.74) is 23.0. The zero-order chi connectivity index (χ0) is 22.6. The maximum Gasteiger partial charge on any atom is 0.229 e. The minimum Gasteiger partial charge on any atom is -0.368 e. The lowest BCUT2D eigenvalue weighted by Crippen LogP contribution is -2.58. The van der Waals surface area contributed by atoms with E-state index in [4.69, 9.17) is 22.9 Å². The van der Waals surface area contributed by atoms with Crippen LogP contribution in [-0.4, -0.2) is 42.0 Å². The van der Waals surface area contributed by atoms with Crippen molar-refractivity contribution in [3.63, 3.8) is 0 Å². The Kier molecular flexibility index (Phi) is 6.56. The van der Waals surface area contributed by atoms with Crippen molar-refractivity contribution in [3.05, 3.63) is 0 Å². The minimum atomic E-state index is -0.336. The quantitative estimate of drug-likeness (QED) is 0.363. The number of anilines is 6. The average molecular weight is 443 g/mol. The molecular weight excluding hydrogens is 408 g/mol. The van der Waals surface area contributed by atoms with Gasteiger partial charge in [-0.1, -0.05) is 38.5 Å². The van der Waals surface area contributed by atoms with Crippen molar-refractivity contribution >= 4 is 35.7 Å². The van der Waals surface area contributed by atoms with Crippen LogP contribution < -0.4 is 33.6 Å². The van der Waals surface area contributed by atoms with Gasteiger partial charge >= 0.3 is 0 Å². The maximum absolute atomic E-state index is 5.88. The van der Waals surface area contributed by atoms with Crippen molar-refractivity contribution in [2.45, 2.75) is 69.7 Å². The van der Waals surface area contributed by atoms with Crippen LogP contribution >= 0.6 is 0 Å². The van der Waals surface area contributed by atoms with Crippen molar-refractivity contribution < 1.29 is 0 Å². The van der Waals surface area contributed by atoms with E-state index in [1.165, 1.54) is 38.5 Å². The molecule has 0 saturated heterocycles. The molecular formula is C20H34N12. The minimum absolute atomic E-state index is 0.0897. The Labute approximate surface area is 187 Å². The van der Waals surface area contributed by atoms with Crippen LogP contribution in [0.4, 0.5) is 35.7 Å². The summed E-state index contributed by atoms with van der Waals surface area (Å²) in [6.07, 6.45) is 11.8. The molecule has 2 aliphatic rings. The summed E-state index contributed by atoms with van der Waals surface area (Å²) in [6, 6.07) is 0. The van der Waals surface area contributed by atoms with Crippen LogP contribution in [0.5, 0.6) is 0 Å². The first-order valence-electron chi connectivity index (χ1n) is 11.5. The van der Waals surface area contributed by atoms with Crippen LogP contribution in [0, 0.1) is 11.8 Å². The Balaban J connectivity index is 1.71. The van der Waals surface area contributed by atoms with Gasteiger partial charge in [0, 0.05) is 6.54 Å². The largest absolute Gasteiger partial charge is 0.368 e. The second-order valence-electron chi connectivity index (χ2n) is 8.94. The first kappa shape index (κ1) is 22.0. The Morgan fingerprint density at radius 1 is 0.594 bits per heavy atom. The zero-order valence-electron chi connectivity index (χ0n) is 18.4. The summed E-state index contributed by atoms with van der Waals surface area (Å²) in [7, 11) is 0. The summed E-state index contributed by atoms with van der Waals surface area (Å²) >= 11 is 0. The molecule has 2 heterocycles. The highest BCUT2D eigenvalue weighted by atomic mass is 15.3.